The molecule has 19 heavy (non-hydrogen) atoms. The normalized spacial score (nSPS) is 27.6. The Morgan fingerprint density at radius 3 is 2.68 bits per heavy atom. The molecule has 2 N–H and O–H groups in total. The van der Waals surface area contributed by atoms with E-state index in [1.165, 1.54) is 25.9 Å². The number of hydrogen-bond acceptors (Lipinski definition) is 4. The van der Waals surface area contributed by atoms with E-state index < -0.39 is 0 Å². The fourth-order valence-corrected chi connectivity index (χ4v) is 3.24. The zero-order chi connectivity index (χ0) is 13.7. The Morgan fingerprint density at radius 1 is 1.32 bits per heavy atom. The number of rotatable bonds is 5. The van der Waals surface area contributed by atoms with Gasteiger partial charge in [-0.25, -0.2) is 0 Å². The van der Waals surface area contributed by atoms with Crippen LogP contribution in [0, 0.1) is 11.3 Å². The van der Waals surface area contributed by atoms with Crippen LogP contribution in [0.3, 0.4) is 0 Å². The van der Waals surface area contributed by atoms with Crippen molar-refractivity contribution >= 4 is 0 Å². The van der Waals surface area contributed by atoms with Gasteiger partial charge in [-0.15, -0.1) is 0 Å². The van der Waals surface area contributed by atoms with E-state index in [0.29, 0.717) is 11.5 Å². The topological polar surface area (TPSA) is 36.5 Å². The Kier molecular flexibility index (Phi) is 5.63. The molecular weight excluding hydrogens is 238 g/mol. The largest absolute Gasteiger partial charge is 0.374 e. The first kappa shape index (κ1) is 15.2. The molecule has 1 atom stereocenters. The van der Waals surface area contributed by atoms with Gasteiger partial charge < -0.3 is 20.3 Å². The third-order valence-corrected chi connectivity index (χ3v) is 4.78. The monoisotopic (exact) mass is 269 g/mol. The van der Waals surface area contributed by atoms with E-state index in [9.17, 15) is 0 Å². The van der Waals surface area contributed by atoms with E-state index in [1.54, 1.807) is 0 Å². The van der Waals surface area contributed by atoms with Crippen LogP contribution >= 0.6 is 0 Å². The molecular formula is C15H31N3O. The number of nitrogens with zero attached hydrogens (tertiary/aromatic N) is 1. The molecule has 4 heteroatoms. The van der Waals surface area contributed by atoms with Gasteiger partial charge in [-0.1, -0.05) is 13.8 Å². The van der Waals surface area contributed by atoms with Gasteiger partial charge in [0.2, 0.25) is 0 Å². The third-order valence-electron chi connectivity index (χ3n) is 4.78. The minimum Gasteiger partial charge on any atom is -0.374 e. The van der Waals surface area contributed by atoms with Crippen LogP contribution in [0.4, 0.5) is 0 Å². The summed E-state index contributed by atoms with van der Waals surface area (Å²) in [5.41, 5.74) is 0.392. The molecule has 0 aromatic carbocycles. The highest BCUT2D eigenvalue weighted by Crippen LogP contribution is 2.34. The highest BCUT2D eigenvalue weighted by molar-refractivity contribution is 4.85. The maximum absolute atomic E-state index is 5.72. The summed E-state index contributed by atoms with van der Waals surface area (Å²) < 4.78 is 5.72. The second-order valence-corrected chi connectivity index (χ2v) is 6.89. The van der Waals surface area contributed by atoms with Crippen molar-refractivity contribution in [1.82, 2.24) is 15.5 Å². The lowest BCUT2D eigenvalue weighted by atomic mass is 9.73. The van der Waals surface area contributed by atoms with Gasteiger partial charge in [-0.2, -0.15) is 0 Å². The molecule has 0 aromatic heterocycles. The molecule has 1 unspecified atom stereocenters. The molecule has 2 fully saturated rings. The summed E-state index contributed by atoms with van der Waals surface area (Å²) in [5.74, 6) is 0.849. The minimum absolute atomic E-state index is 0.349. The fraction of sp³-hybridized carbons (Fsp3) is 1.00. The Bertz CT molecular complexity index is 256. The molecule has 0 aliphatic carbocycles. The molecule has 4 nitrogen and oxygen atoms in total. The van der Waals surface area contributed by atoms with Crippen LogP contribution in [0.1, 0.15) is 26.7 Å². The van der Waals surface area contributed by atoms with Crippen molar-refractivity contribution in [2.75, 3.05) is 52.9 Å². The first-order valence-electron chi connectivity index (χ1n) is 7.79. The average molecular weight is 269 g/mol. The van der Waals surface area contributed by atoms with Crippen LogP contribution in [-0.2, 0) is 4.74 Å². The lowest BCUT2D eigenvalue weighted by Gasteiger charge is -2.40. The summed E-state index contributed by atoms with van der Waals surface area (Å²) in [6, 6.07) is 0. The number of piperidine rings is 1. The fourth-order valence-electron chi connectivity index (χ4n) is 3.24. The number of ether oxygens (including phenoxy) is 1. The molecule has 0 aromatic rings. The van der Waals surface area contributed by atoms with Gasteiger partial charge in [0.15, 0.2) is 0 Å². The van der Waals surface area contributed by atoms with Gasteiger partial charge in [0.25, 0.3) is 0 Å². The smallest absolute Gasteiger partial charge is 0.0824 e. The molecule has 2 rings (SSSR count). The van der Waals surface area contributed by atoms with Gasteiger partial charge in [0.05, 0.1) is 12.7 Å². The first-order chi connectivity index (χ1) is 9.08. The van der Waals surface area contributed by atoms with Gasteiger partial charge in [-0.05, 0) is 44.3 Å². The molecule has 2 saturated heterocycles. The molecule has 2 heterocycles. The van der Waals surface area contributed by atoms with Crippen molar-refractivity contribution in [3.8, 4) is 0 Å². The summed E-state index contributed by atoms with van der Waals surface area (Å²) >= 11 is 0. The lowest BCUT2D eigenvalue weighted by Crippen LogP contribution is -2.47. The van der Waals surface area contributed by atoms with Gasteiger partial charge >= 0.3 is 0 Å². The zero-order valence-corrected chi connectivity index (χ0v) is 12.9. The Balaban J connectivity index is 1.68. The van der Waals surface area contributed by atoms with Gasteiger partial charge in [0, 0.05) is 26.2 Å². The maximum atomic E-state index is 5.72. The quantitative estimate of drug-likeness (QED) is 0.778. The van der Waals surface area contributed by atoms with E-state index in [2.05, 4.69) is 36.4 Å². The van der Waals surface area contributed by atoms with Crippen LogP contribution in [-0.4, -0.2) is 63.9 Å². The summed E-state index contributed by atoms with van der Waals surface area (Å²) in [6.07, 6.45) is 3.03. The molecule has 0 spiro atoms. The van der Waals surface area contributed by atoms with Gasteiger partial charge in [-0.3, -0.25) is 0 Å². The predicted molar refractivity (Wildman–Crippen MR) is 79.5 cm³/mol. The molecule has 0 saturated carbocycles. The average Bonchev–Trinajstić information content (AvgIpc) is 2.40. The number of nitrogens with one attached hydrogen (secondary N) is 2. The number of likely N-dealkylation sites (tertiary alicyclic amines) is 1. The first-order valence-corrected chi connectivity index (χ1v) is 7.79. The summed E-state index contributed by atoms with van der Waals surface area (Å²) in [4.78, 5) is 2.45. The van der Waals surface area contributed by atoms with Crippen molar-refractivity contribution in [2.24, 2.45) is 11.3 Å². The van der Waals surface area contributed by atoms with Crippen LogP contribution in [0.25, 0.3) is 0 Å². The van der Waals surface area contributed by atoms with Gasteiger partial charge in [0.1, 0.15) is 0 Å². The highest BCUT2D eigenvalue weighted by Gasteiger charge is 2.31. The van der Waals surface area contributed by atoms with Crippen molar-refractivity contribution in [2.45, 2.75) is 32.8 Å². The van der Waals surface area contributed by atoms with Crippen LogP contribution in [0.5, 0.6) is 0 Å². The van der Waals surface area contributed by atoms with E-state index in [4.69, 9.17) is 4.74 Å². The third kappa shape index (κ3) is 4.71. The highest BCUT2D eigenvalue weighted by atomic mass is 16.5. The number of hydrogen-bond donors (Lipinski definition) is 2. The summed E-state index contributed by atoms with van der Waals surface area (Å²) in [5, 5.41) is 7.01. The predicted octanol–water partition coefficient (Wildman–Crippen LogP) is 0.932. The van der Waals surface area contributed by atoms with Crippen LogP contribution in [0.15, 0.2) is 0 Å². The summed E-state index contributed by atoms with van der Waals surface area (Å²) in [6.45, 7) is 12.2. The van der Waals surface area contributed by atoms with Crippen LogP contribution in [0.2, 0.25) is 0 Å². The molecule has 112 valence electrons. The standard InChI is InChI=1S/C15H31N3O/c1-15(2,13-4-7-18(3)8-5-13)12-17-11-14-10-16-6-9-19-14/h13-14,16-17H,4-12H2,1-3H3. The van der Waals surface area contributed by atoms with Crippen molar-refractivity contribution in [3.05, 3.63) is 0 Å². The summed E-state index contributed by atoms with van der Waals surface area (Å²) in [7, 11) is 2.23. The maximum Gasteiger partial charge on any atom is 0.0824 e. The molecule has 0 radical (unpaired) electrons. The number of morpholine rings is 1. The van der Waals surface area contributed by atoms with Crippen LogP contribution < -0.4 is 10.6 Å². The molecule has 0 bridgehead atoms. The minimum atomic E-state index is 0.349. The molecule has 2 aliphatic rings. The lowest BCUT2D eigenvalue weighted by molar-refractivity contribution is 0.0257. The Hall–Kier alpha value is -0.160. The van der Waals surface area contributed by atoms with E-state index in [1.807, 2.05) is 0 Å². The SMILES string of the molecule is CN1CCC(C(C)(C)CNCC2CNCCO2)CC1. The second kappa shape index (κ2) is 7.02. The van der Waals surface area contributed by atoms with E-state index in [-0.39, 0.29) is 0 Å². The van der Waals surface area contributed by atoms with Crippen molar-refractivity contribution in [3.63, 3.8) is 0 Å². The Morgan fingerprint density at radius 2 is 2.05 bits per heavy atom. The van der Waals surface area contributed by atoms with Crippen molar-refractivity contribution < 1.29 is 4.74 Å². The van der Waals surface area contributed by atoms with Crippen molar-refractivity contribution in [1.29, 1.82) is 0 Å². The molecule has 0 amide bonds. The zero-order valence-electron chi connectivity index (χ0n) is 12.9. The Labute approximate surface area is 118 Å². The van der Waals surface area contributed by atoms with E-state index >= 15 is 0 Å². The second-order valence-electron chi connectivity index (χ2n) is 6.89. The van der Waals surface area contributed by atoms with E-state index in [0.717, 1.165) is 38.7 Å². The molecule has 2 aliphatic heterocycles.